The molecule has 1 heterocycles. The SMILES string of the molecule is CC(C)C(CN)C(F)c1cccnc1. The average Bonchev–Trinajstić information content (AvgIpc) is 2.19. The van der Waals surface area contributed by atoms with Gasteiger partial charge in [0.15, 0.2) is 0 Å². The van der Waals surface area contributed by atoms with E-state index in [2.05, 4.69) is 4.98 Å². The van der Waals surface area contributed by atoms with E-state index in [9.17, 15) is 4.39 Å². The smallest absolute Gasteiger partial charge is 0.131 e. The monoisotopic (exact) mass is 196 g/mol. The minimum absolute atomic E-state index is 0.126. The van der Waals surface area contributed by atoms with Crippen LogP contribution < -0.4 is 5.73 Å². The maximum atomic E-state index is 13.9. The summed E-state index contributed by atoms with van der Waals surface area (Å²) in [6, 6.07) is 3.50. The van der Waals surface area contributed by atoms with E-state index in [1.807, 2.05) is 13.8 Å². The van der Waals surface area contributed by atoms with Gasteiger partial charge >= 0.3 is 0 Å². The van der Waals surface area contributed by atoms with Crippen molar-refractivity contribution in [1.29, 1.82) is 0 Å². The Balaban J connectivity index is 2.78. The number of hydrogen-bond donors (Lipinski definition) is 1. The number of hydrogen-bond acceptors (Lipinski definition) is 2. The molecule has 0 aliphatic carbocycles. The molecule has 1 aromatic heterocycles. The summed E-state index contributed by atoms with van der Waals surface area (Å²) >= 11 is 0. The number of alkyl halides is 1. The number of nitrogens with zero attached hydrogens (tertiary/aromatic N) is 1. The molecule has 3 heteroatoms. The van der Waals surface area contributed by atoms with Gasteiger partial charge in [0.2, 0.25) is 0 Å². The average molecular weight is 196 g/mol. The Morgan fingerprint density at radius 2 is 2.21 bits per heavy atom. The van der Waals surface area contributed by atoms with Gasteiger partial charge in [0, 0.05) is 23.9 Å². The quantitative estimate of drug-likeness (QED) is 0.802. The van der Waals surface area contributed by atoms with Gasteiger partial charge < -0.3 is 5.73 Å². The first-order valence-electron chi connectivity index (χ1n) is 4.91. The van der Waals surface area contributed by atoms with Crippen LogP contribution in [0.25, 0.3) is 0 Å². The predicted molar refractivity (Wildman–Crippen MR) is 55.5 cm³/mol. The zero-order chi connectivity index (χ0) is 10.6. The topological polar surface area (TPSA) is 38.9 Å². The molecule has 2 unspecified atom stereocenters. The van der Waals surface area contributed by atoms with E-state index in [-0.39, 0.29) is 11.8 Å². The molecule has 1 rings (SSSR count). The van der Waals surface area contributed by atoms with Crippen molar-refractivity contribution < 1.29 is 4.39 Å². The summed E-state index contributed by atoms with van der Waals surface area (Å²) in [6.07, 6.45) is 2.20. The van der Waals surface area contributed by atoms with Crippen LogP contribution in [0.5, 0.6) is 0 Å². The van der Waals surface area contributed by atoms with Crippen molar-refractivity contribution in [3.05, 3.63) is 30.1 Å². The van der Waals surface area contributed by atoms with Crippen LogP contribution in [0.4, 0.5) is 4.39 Å². The Labute approximate surface area is 84.3 Å². The molecule has 2 N–H and O–H groups in total. The van der Waals surface area contributed by atoms with Gasteiger partial charge in [-0.1, -0.05) is 19.9 Å². The Morgan fingerprint density at radius 1 is 1.50 bits per heavy atom. The van der Waals surface area contributed by atoms with Crippen LogP contribution in [-0.4, -0.2) is 11.5 Å². The number of pyridine rings is 1. The van der Waals surface area contributed by atoms with Crippen molar-refractivity contribution in [3.8, 4) is 0 Å². The fraction of sp³-hybridized carbons (Fsp3) is 0.545. The fourth-order valence-electron chi connectivity index (χ4n) is 1.52. The number of aromatic nitrogens is 1. The molecule has 0 amide bonds. The van der Waals surface area contributed by atoms with Crippen molar-refractivity contribution in [2.75, 3.05) is 6.54 Å². The highest BCUT2D eigenvalue weighted by Gasteiger charge is 2.24. The Hall–Kier alpha value is -0.960. The van der Waals surface area contributed by atoms with Gasteiger partial charge in [-0.25, -0.2) is 4.39 Å². The molecule has 0 saturated carbocycles. The lowest BCUT2D eigenvalue weighted by molar-refractivity contribution is 0.188. The Bertz CT molecular complexity index is 261. The molecule has 0 spiro atoms. The summed E-state index contributed by atoms with van der Waals surface area (Å²) in [5.74, 6) is 0.120. The summed E-state index contributed by atoms with van der Waals surface area (Å²) in [4.78, 5) is 3.90. The molecule has 78 valence electrons. The van der Waals surface area contributed by atoms with Crippen LogP contribution in [-0.2, 0) is 0 Å². The van der Waals surface area contributed by atoms with Crippen molar-refractivity contribution in [1.82, 2.24) is 4.98 Å². The van der Waals surface area contributed by atoms with E-state index < -0.39 is 6.17 Å². The van der Waals surface area contributed by atoms with Crippen LogP contribution in [0.3, 0.4) is 0 Å². The van der Waals surface area contributed by atoms with Crippen molar-refractivity contribution in [2.24, 2.45) is 17.6 Å². The summed E-state index contributed by atoms with van der Waals surface area (Å²) < 4.78 is 13.9. The molecule has 0 saturated heterocycles. The molecule has 0 aliphatic heterocycles. The molecule has 1 aromatic rings. The first kappa shape index (κ1) is 11.1. The molecular weight excluding hydrogens is 179 g/mol. The van der Waals surface area contributed by atoms with Gasteiger partial charge in [-0.2, -0.15) is 0 Å². The van der Waals surface area contributed by atoms with Crippen LogP contribution in [0.1, 0.15) is 25.6 Å². The second-order valence-corrected chi connectivity index (χ2v) is 3.83. The van der Waals surface area contributed by atoms with E-state index in [1.165, 1.54) is 0 Å². The van der Waals surface area contributed by atoms with Crippen LogP contribution in [0, 0.1) is 11.8 Å². The van der Waals surface area contributed by atoms with E-state index >= 15 is 0 Å². The first-order valence-corrected chi connectivity index (χ1v) is 4.91. The Morgan fingerprint density at radius 3 is 2.64 bits per heavy atom. The third-order valence-electron chi connectivity index (χ3n) is 2.51. The highest BCUT2D eigenvalue weighted by molar-refractivity contribution is 5.13. The van der Waals surface area contributed by atoms with Crippen LogP contribution >= 0.6 is 0 Å². The number of rotatable bonds is 4. The molecule has 0 aliphatic rings. The van der Waals surface area contributed by atoms with Crippen molar-refractivity contribution in [3.63, 3.8) is 0 Å². The number of halogens is 1. The molecular formula is C11H17FN2. The zero-order valence-corrected chi connectivity index (χ0v) is 8.65. The lowest BCUT2D eigenvalue weighted by atomic mass is 9.88. The van der Waals surface area contributed by atoms with Gasteiger partial charge in [-0.3, -0.25) is 4.98 Å². The summed E-state index contributed by atoms with van der Waals surface area (Å²) in [5.41, 5.74) is 6.17. The lowest BCUT2D eigenvalue weighted by Crippen LogP contribution is -2.24. The molecule has 0 aromatic carbocycles. The standard InChI is InChI=1S/C11H17FN2/c1-8(2)10(6-13)11(12)9-4-3-5-14-7-9/h3-5,7-8,10-11H,6,13H2,1-2H3. The second-order valence-electron chi connectivity index (χ2n) is 3.83. The van der Waals surface area contributed by atoms with Crippen molar-refractivity contribution >= 4 is 0 Å². The highest BCUT2D eigenvalue weighted by Crippen LogP contribution is 2.30. The van der Waals surface area contributed by atoms with E-state index in [4.69, 9.17) is 5.73 Å². The van der Waals surface area contributed by atoms with Gasteiger partial charge in [0.25, 0.3) is 0 Å². The third kappa shape index (κ3) is 2.51. The largest absolute Gasteiger partial charge is 0.330 e. The minimum atomic E-state index is -1.01. The molecule has 2 atom stereocenters. The molecule has 2 nitrogen and oxygen atoms in total. The summed E-state index contributed by atoms with van der Waals surface area (Å²) in [5, 5.41) is 0. The molecule has 0 radical (unpaired) electrons. The fourth-order valence-corrected chi connectivity index (χ4v) is 1.52. The predicted octanol–water partition coefficient (Wildman–Crippen LogP) is 2.32. The normalized spacial score (nSPS) is 15.5. The van der Waals surface area contributed by atoms with Crippen LogP contribution in [0.15, 0.2) is 24.5 Å². The Kier molecular flexibility index (Phi) is 4.01. The molecule has 0 bridgehead atoms. The van der Waals surface area contributed by atoms with Crippen molar-refractivity contribution in [2.45, 2.75) is 20.0 Å². The maximum Gasteiger partial charge on any atom is 0.131 e. The lowest BCUT2D eigenvalue weighted by Gasteiger charge is -2.22. The van der Waals surface area contributed by atoms with E-state index in [0.29, 0.717) is 12.1 Å². The van der Waals surface area contributed by atoms with Gasteiger partial charge in [-0.05, 0) is 18.5 Å². The van der Waals surface area contributed by atoms with Crippen LogP contribution in [0.2, 0.25) is 0 Å². The summed E-state index contributed by atoms with van der Waals surface area (Å²) in [6.45, 7) is 4.34. The first-order chi connectivity index (χ1) is 6.66. The number of nitrogens with two attached hydrogens (primary N) is 1. The second kappa shape index (κ2) is 5.05. The van der Waals surface area contributed by atoms with Gasteiger partial charge in [0.05, 0.1) is 0 Å². The summed E-state index contributed by atoms with van der Waals surface area (Å²) in [7, 11) is 0. The van der Waals surface area contributed by atoms with E-state index in [0.717, 1.165) is 0 Å². The highest BCUT2D eigenvalue weighted by atomic mass is 19.1. The zero-order valence-electron chi connectivity index (χ0n) is 8.65. The van der Waals surface area contributed by atoms with Gasteiger partial charge in [-0.15, -0.1) is 0 Å². The third-order valence-corrected chi connectivity index (χ3v) is 2.51. The minimum Gasteiger partial charge on any atom is -0.330 e. The molecule has 14 heavy (non-hydrogen) atoms. The maximum absolute atomic E-state index is 13.9. The van der Waals surface area contributed by atoms with E-state index in [1.54, 1.807) is 24.5 Å². The van der Waals surface area contributed by atoms with Gasteiger partial charge in [0.1, 0.15) is 6.17 Å². The molecule has 0 fully saturated rings.